The van der Waals surface area contributed by atoms with Crippen molar-refractivity contribution >= 4 is 10.9 Å². The van der Waals surface area contributed by atoms with Gasteiger partial charge in [-0.2, -0.15) is 0 Å². The fourth-order valence-electron chi connectivity index (χ4n) is 3.47. The van der Waals surface area contributed by atoms with E-state index in [9.17, 15) is 10.1 Å². The zero-order chi connectivity index (χ0) is 17.9. The smallest absolute Gasteiger partial charge is 0.214 e. The van der Waals surface area contributed by atoms with Gasteiger partial charge in [-0.05, 0) is 29.3 Å². The van der Waals surface area contributed by atoms with Gasteiger partial charge in [-0.3, -0.25) is 15.1 Å². The van der Waals surface area contributed by atoms with Gasteiger partial charge in [-0.1, -0.05) is 48.5 Å². The maximum Gasteiger partial charge on any atom is 0.214 e. The molecule has 0 aliphatic carbocycles. The summed E-state index contributed by atoms with van der Waals surface area (Å²) in [5.41, 5.74) is 4.73. The first-order valence-corrected chi connectivity index (χ1v) is 8.42. The monoisotopic (exact) mass is 343 g/mol. The summed E-state index contributed by atoms with van der Waals surface area (Å²) in [5.74, 6) is -0.342. The summed E-state index contributed by atoms with van der Waals surface area (Å²) >= 11 is 0. The molecular formula is C21H17N3O2. The van der Waals surface area contributed by atoms with Crippen LogP contribution < -0.4 is 0 Å². The van der Waals surface area contributed by atoms with Crippen molar-refractivity contribution in [3.8, 4) is 11.3 Å². The Kier molecular flexibility index (Phi) is 4.19. The van der Waals surface area contributed by atoms with E-state index >= 15 is 0 Å². The van der Waals surface area contributed by atoms with Gasteiger partial charge in [0.1, 0.15) is 0 Å². The number of H-pyrrole nitrogens is 1. The quantitative estimate of drug-likeness (QED) is 0.424. The largest absolute Gasteiger partial charge is 0.354 e. The summed E-state index contributed by atoms with van der Waals surface area (Å²) in [6.45, 7) is -0.163. The molecule has 2 heterocycles. The first kappa shape index (κ1) is 16.0. The molecule has 1 N–H and O–H groups in total. The molecule has 5 nitrogen and oxygen atoms in total. The van der Waals surface area contributed by atoms with Crippen LogP contribution in [0.5, 0.6) is 0 Å². The zero-order valence-corrected chi connectivity index (χ0v) is 14.0. The average molecular weight is 343 g/mol. The maximum atomic E-state index is 11.4. The van der Waals surface area contributed by atoms with Crippen molar-refractivity contribution in [2.75, 3.05) is 6.54 Å². The Morgan fingerprint density at radius 2 is 1.65 bits per heavy atom. The number of pyridine rings is 1. The fraction of sp³-hybridized carbons (Fsp3) is 0.0952. The number of para-hydroxylation sites is 1. The van der Waals surface area contributed by atoms with E-state index in [1.165, 1.54) is 0 Å². The van der Waals surface area contributed by atoms with Crippen LogP contribution in [-0.2, 0) is 0 Å². The molecule has 0 spiro atoms. The molecular weight excluding hydrogens is 326 g/mol. The summed E-state index contributed by atoms with van der Waals surface area (Å²) in [6, 6.07) is 21.4. The molecule has 0 aliphatic heterocycles. The van der Waals surface area contributed by atoms with Gasteiger partial charge >= 0.3 is 0 Å². The van der Waals surface area contributed by atoms with Crippen molar-refractivity contribution in [3.05, 3.63) is 100 Å². The minimum absolute atomic E-state index is 0.163. The van der Waals surface area contributed by atoms with E-state index in [4.69, 9.17) is 0 Å². The zero-order valence-electron chi connectivity index (χ0n) is 14.0. The van der Waals surface area contributed by atoms with E-state index in [1.54, 1.807) is 12.4 Å². The molecule has 0 saturated heterocycles. The summed E-state index contributed by atoms with van der Waals surface area (Å²) < 4.78 is 0. The van der Waals surface area contributed by atoms with Crippen LogP contribution in [0.15, 0.2) is 79.1 Å². The summed E-state index contributed by atoms with van der Waals surface area (Å²) in [4.78, 5) is 18.7. The van der Waals surface area contributed by atoms with Gasteiger partial charge in [-0.25, -0.2) is 0 Å². The second kappa shape index (κ2) is 6.80. The van der Waals surface area contributed by atoms with Crippen LogP contribution in [0.25, 0.3) is 22.2 Å². The Labute approximate surface area is 150 Å². The Balaban J connectivity index is 1.99. The van der Waals surface area contributed by atoms with Crippen LogP contribution in [0.2, 0.25) is 0 Å². The van der Waals surface area contributed by atoms with Crippen LogP contribution in [0.4, 0.5) is 0 Å². The van der Waals surface area contributed by atoms with Crippen molar-refractivity contribution in [2.24, 2.45) is 0 Å². The topological polar surface area (TPSA) is 71.8 Å². The van der Waals surface area contributed by atoms with Gasteiger partial charge in [0.15, 0.2) is 0 Å². The van der Waals surface area contributed by atoms with Crippen LogP contribution >= 0.6 is 0 Å². The number of aromatic nitrogens is 2. The molecule has 0 aliphatic rings. The van der Waals surface area contributed by atoms with Gasteiger partial charge in [0.2, 0.25) is 6.54 Å². The molecule has 1 atom stereocenters. The third-order valence-corrected chi connectivity index (χ3v) is 4.60. The predicted molar refractivity (Wildman–Crippen MR) is 102 cm³/mol. The molecule has 4 aromatic rings. The van der Waals surface area contributed by atoms with Crippen molar-refractivity contribution in [1.82, 2.24) is 9.97 Å². The Bertz CT molecular complexity index is 1040. The van der Waals surface area contributed by atoms with Crippen molar-refractivity contribution in [2.45, 2.75) is 5.92 Å². The first-order valence-electron chi connectivity index (χ1n) is 8.42. The van der Waals surface area contributed by atoms with Crippen LogP contribution in [0.1, 0.15) is 17.0 Å². The first-order chi connectivity index (χ1) is 12.7. The molecule has 2 aromatic heterocycles. The molecule has 5 heteroatoms. The molecule has 2 aromatic carbocycles. The molecule has 1 unspecified atom stereocenters. The lowest BCUT2D eigenvalue weighted by Gasteiger charge is -2.15. The van der Waals surface area contributed by atoms with Gasteiger partial charge in [-0.15, -0.1) is 0 Å². The number of nitro groups is 1. The van der Waals surface area contributed by atoms with Crippen molar-refractivity contribution in [3.63, 3.8) is 0 Å². The van der Waals surface area contributed by atoms with E-state index in [2.05, 4.69) is 9.97 Å². The highest BCUT2D eigenvalue weighted by molar-refractivity contribution is 5.91. The van der Waals surface area contributed by atoms with Gasteiger partial charge in [0.25, 0.3) is 0 Å². The predicted octanol–water partition coefficient (Wildman–Crippen LogP) is 4.64. The molecule has 0 radical (unpaired) electrons. The fourth-order valence-corrected chi connectivity index (χ4v) is 3.47. The molecule has 0 saturated carbocycles. The number of rotatable bonds is 5. The summed E-state index contributed by atoms with van der Waals surface area (Å²) in [5, 5.41) is 12.5. The van der Waals surface area contributed by atoms with Gasteiger partial charge in [0, 0.05) is 33.8 Å². The Morgan fingerprint density at radius 1 is 0.962 bits per heavy atom. The lowest BCUT2D eigenvalue weighted by atomic mass is 9.88. The van der Waals surface area contributed by atoms with Crippen molar-refractivity contribution < 1.29 is 4.92 Å². The number of nitrogens with one attached hydrogen (secondary N) is 1. The Hall–Kier alpha value is -3.47. The van der Waals surface area contributed by atoms with E-state index in [-0.39, 0.29) is 17.4 Å². The normalized spacial score (nSPS) is 12.2. The molecule has 0 bridgehead atoms. The number of benzene rings is 2. The highest BCUT2D eigenvalue weighted by atomic mass is 16.6. The van der Waals surface area contributed by atoms with Crippen LogP contribution in [0, 0.1) is 10.1 Å². The maximum absolute atomic E-state index is 11.4. The highest BCUT2D eigenvalue weighted by Gasteiger charge is 2.27. The van der Waals surface area contributed by atoms with Crippen molar-refractivity contribution in [1.29, 1.82) is 0 Å². The van der Waals surface area contributed by atoms with Crippen LogP contribution in [-0.4, -0.2) is 21.4 Å². The molecule has 0 fully saturated rings. The van der Waals surface area contributed by atoms with E-state index < -0.39 is 0 Å². The van der Waals surface area contributed by atoms with E-state index in [0.29, 0.717) is 0 Å². The van der Waals surface area contributed by atoms with Gasteiger partial charge in [0.05, 0.1) is 11.6 Å². The van der Waals surface area contributed by atoms with Gasteiger partial charge < -0.3 is 4.98 Å². The lowest BCUT2D eigenvalue weighted by Crippen LogP contribution is -2.14. The van der Waals surface area contributed by atoms with E-state index in [1.807, 2.05) is 66.7 Å². The minimum Gasteiger partial charge on any atom is -0.354 e. The third-order valence-electron chi connectivity index (χ3n) is 4.60. The SMILES string of the molecule is O=[N+]([O-])CC(c1ccccc1)c1c(-c2ccncc2)[nH]c2ccccc12. The molecule has 4 rings (SSSR count). The summed E-state index contributed by atoms with van der Waals surface area (Å²) in [6.07, 6.45) is 3.46. The molecule has 0 amide bonds. The lowest BCUT2D eigenvalue weighted by molar-refractivity contribution is -0.481. The molecule has 128 valence electrons. The molecule has 26 heavy (non-hydrogen) atoms. The second-order valence-corrected chi connectivity index (χ2v) is 6.17. The number of fused-ring (bicyclic) bond motifs is 1. The highest BCUT2D eigenvalue weighted by Crippen LogP contribution is 2.38. The number of aromatic amines is 1. The third kappa shape index (κ3) is 2.95. The minimum atomic E-state index is -0.342. The number of hydrogen-bond donors (Lipinski definition) is 1. The summed E-state index contributed by atoms with van der Waals surface area (Å²) in [7, 11) is 0. The van der Waals surface area contributed by atoms with Crippen LogP contribution in [0.3, 0.4) is 0 Å². The standard InChI is InChI=1S/C21H17N3O2/c25-24(26)14-18(15-6-2-1-3-7-15)20-17-8-4-5-9-19(17)23-21(20)16-10-12-22-13-11-16/h1-13,18,23H,14H2. The van der Waals surface area contributed by atoms with E-state index in [0.717, 1.165) is 33.3 Å². The second-order valence-electron chi connectivity index (χ2n) is 6.17. The average Bonchev–Trinajstić information content (AvgIpc) is 3.07. The Morgan fingerprint density at radius 3 is 2.38 bits per heavy atom. The number of hydrogen-bond acceptors (Lipinski definition) is 3. The number of nitrogens with zero attached hydrogens (tertiary/aromatic N) is 2.